The second kappa shape index (κ2) is 4.11. The van der Waals surface area contributed by atoms with E-state index in [-0.39, 0.29) is 5.75 Å². The van der Waals surface area contributed by atoms with Gasteiger partial charge in [-0.1, -0.05) is 12.1 Å². The number of nitrogens with zero attached hydrogens (tertiary/aromatic N) is 1. The van der Waals surface area contributed by atoms with Gasteiger partial charge in [0.15, 0.2) is 0 Å². The summed E-state index contributed by atoms with van der Waals surface area (Å²) < 4.78 is 11.3. The summed E-state index contributed by atoms with van der Waals surface area (Å²) in [6.45, 7) is 0. The second-order valence-electron chi connectivity index (χ2n) is 3.04. The van der Waals surface area contributed by atoms with Crippen molar-refractivity contribution in [2.75, 3.05) is 3.28 Å². The molecule has 0 saturated carbocycles. The Labute approximate surface area is 96.7 Å². The van der Waals surface area contributed by atoms with Crippen molar-refractivity contribution in [1.29, 1.82) is 0 Å². The molecule has 0 saturated heterocycles. The maximum absolute atomic E-state index is 10.6. The van der Waals surface area contributed by atoms with Crippen LogP contribution in [0.1, 0.15) is 0 Å². The van der Waals surface area contributed by atoms with Gasteiger partial charge >= 0.3 is 0 Å². The molecule has 78 valence electrons. The highest BCUT2D eigenvalue weighted by molar-refractivity contribution is 14.1. The van der Waals surface area contributed by atoms with E-state index in [1.165, 1.54) is 0 Å². The monoisotopic (exact) mass is 317 g/mol. The van der Waals surface area contributed by atoms with E-state index in [1.807, 2.05) is 0 Å². The summed E-state index contributed by atoms with van der Waals surface area (Å²) in [5, 5.41) is 20.3. The highest BCUT2D eigenvalue weighted by atomic mass is 127. The van der Waals surface area contributed by atoms with E-state index in [0.29, 0.717) is 5.69 Å². The highest BCUT2D eigenvalue weighted by Gasteiger charge is 2.03. The summed E-state index contributed by atoms with van der Waals surface area (Å²) in [7, 11) is 0. The molecule has 2 N–H and O–H groups in total. The molecule has 0 aliphatic carbocycles. The zero-order valence-corrected chi connectivity index (χ0v) is 9.75. The molecule has 0 radical (unpaired) electrons. The van der Waals surface area contributed by atoms with Crippen LogP contribution in [0.15, 0.2) is 36.4 Å². The van der Waals surface area contributed by atoms with E-state index < -0.39 is 21.5 Å². The van der Waals surface area contributed by atoms with Crippen LogP contribution in [0.2, 0.25) is 0 Å². The molecule has 0 heterocycles. The van der Waals surface area contributed by atoms with E-state index in [2.05, 4.69) is 0 Å². The normalized spacial score (nSPS) is 10.5. The standard InChI is InChI=1S/C10H8INO3/c13-10-4-2-7-5-9(12(15)11-14)3-1-8(7)6-10/h1-6,13,15H. The minimum atomic E-state index is -1.61. The lowest BCUT2D eigenvalue weighted by atomic mass is 10.1. The van der Waals surface area contributed by atoms with Crippen molar-refractivity contribution in [1.82, 2.24) is 0 Å². The first kappa shape index (κ1) is 10.3. The molecule has 0 aliphatic heterocycles. The van der Waals surface area contributed by atoms with Crippen molar-refractivity contribution < 1.29 is 13.4 Å². The van der Waals surface area contributed by atoms with Gasteiger partial charge in [-0.05, 0) is 35.0 Å². The van der Waals surface area contributed by atoms with Crippen LogP contribution in [0, 0.1) is 0 Å². The molecule has 2 aromatic carbocycles. The smallest absolute Gasteiger partial charge is 0.300 e. The first-order valence-corrected chi connectivity index (χ1v) is 6.04. The molecule has 0 atom stereocenters. The van der Waals surface area contributed by atoms with E-state index in [4.69, 9.17) is 0 Å². The summed E-state index contributed by atoms with van der Waals surface area (Å²) in [4.78, 5) is 0. The predicted octanol–water partition coefficient (Wildman–Crippen LogP) is 2.97. The van der Waals surface area contributed by atoms with E-state index in [1.54, 1.807) is 36.4 Å². The van der Waals surface area contributed by atoms with Gasteiger partial charge in [0.2, 0.25) is 0 Å². The van der Waals surface area contributed by atoms with Crippen LogP contribution in [0.3, 0.4) is 0 Å². The van der Waals surface area contributed by atoms with Gasteiger partial charge in [-0.2, -0.15) is 3.28 Å². The molecule has 15 heavy (non-hydrogen) atoms. The molecule has 5 heteroatoms. The van der Waals surface area contributed by atoms with Gasteiger partial charge in [-0.25, -0.2) is 3.07 Å². The molecule has 0 amide bonds. The third-order valence-corrected chi connectivity index (χ3v) is 3.02. The van der Waals surface area contributed by atoms with Gasteiger partial charge in [0.1, 0.15) is 5.75 Å². The number of phenolic OH excluding ortho intramolecular Hbond substituents is 1. The lowest BCUT2D eigenvalue weighted by Gasteiger charge is -2.07. The second-order valence-corrected chi connectivity index (χ2v) is 4.35. The van der Waals surface area contributed by atoms with E-state index >= 15 is 0 Å². The summed E-state index contributed by atoms with van der Waals surface area (Å²) in [5.41, 5.74) is 0.496. The number of benzene rings is 2. The molecule has 0 bridgehead atoms. The lowest BCUT2D eigenvalue weighted by Crippen LogP contribution is -2.01. The first-order valence-electron chi connectivity index (χ1n) is 4.20. The van der Waals surface area contributed by atoms with Gasteiger partial charge in [-0.3, -0.25) is 5.21 Å². The fourth-order valence-electron chi connectivity index (χ4n) is 1.38. The maximum atomic E-state index is 10.6. The van der Waals surface area contributed by atoms with Crippen molar-refractivity contribution >= 4 is 37.9 Å². The quantitative estimate of drug-likeness (QED) is 0.508. The van der Waals surface area contributed by atoms with Gasteiger partial charge in [0.25, 0.3) is 21.5 Å². The molecule has 0 unspecified atom stereocenters. The molecule has 0 aliphatic rings. The first-order chi connectivity index (χ1) is 7.20. The zero-order valence-electron chi connectivity index (χ0n) is 7.59. The summed E-state index contributed by atoms with van der Waals surface area (Å²) in [6, 6.07) is 10.1. The number of phenols is 1. The van der Waals surface area contributed by atoms with Crippen molar-refractivity contribution in [2.45, 2.75) is 0 Å². The third kappa shape index (κ3) is 2.07. The molecule has 0 spiro atoms. The Morgan fingerprint density at radius 1 is 1.07 bits per heavy atom. The number of hydrogen-bond acceptors (Lipinski definition) is 3. The number of anilines is 1. The maximum Gasteiger partial charge on any atom is 0.300 e. The van der Waals surface area contributed by atoms with Crippen LogP contribution in [0.5, 0.6) is 5.75 Å². The lowest BCUT2D eigenvalue weighted by molar-refractivity contribution is 0.344. The Hall–Kier alpha value is -1.21. The third-order valence-electron chi connectivity index (χ3n) is 2.09. The topological polar surface area (TPSA) is 60.8 Å². The molecule has 0 aromatic heterocycles. The molecule has 0 fully saturated rings. The van der Waals surface area contributed by atoms with Gasteiger partial charge in [-0.15, -0.1) is 0 Å². The average Bonchev–Trinajstić information content (AvgIpc) is 2.27. The van der Waals surface area contributed by atoms with Gasteiger partial charge in [0, 0.05) is 0 Å². The summed E-state index contributed by atoms with van der Waals surface area (Å²) in [6.07, 6.45) is 0. The Kier molecular flexibility index (Phi) is 2.83. The van der Waals surface area contributed by atoms with Crippen LogP contribution >= 0.6 is 21.5 Å². The fourth-order valence-corrected chi connectivity index (χ4v) is 1.90. The van der Waals surface area contributed by atoms with Crippen molar-refractivity contribution in [3.8, 4) is 5.75 Å². The van der Waals surface area contributed by atoms with Crippen molar-refractivity contribution in [3.05, 3.63) is 36.4 Å². The molecule has 2 aromatic rings. The number of fused-ring (bicyclic) bond motifs is 1. The van der Waals surface area contributed by atoms with Crippen LogP contribution in [0.25, 0.3) is 10.8 Å². The van der Waals surface area contributed by atoms with Crippen LogP contribution in [-0.4, -0.2) is 10.3 Å². The van der Waals surface area contributed by atoms with Crippen LogP contribution in [0.4, 0.5) is 5.69 Å². The molecule has 4 nitrogen and oxygen atoms in total. The van der Waals surface area contributed by atoms with Crippen LogP contribution < -0.4 is 3.28 Å². The Morgan fingerprint density at radius 2 is 1.73 bits per heavy atom. The van der Waals surface area contributed by atoms with E-state index in [0.717, 1.165) is 14.0 Å². The minimum absolute atomic E-state index is 0.201. The molecular weight excluding hydrogens is 309 g/mol. The summed E-state index contributed by atoms with van der Waals surface area (Å²) in [5.74, 6) is 0.201. The van der Waals surface area contributed by atoms with Crippen molar-refractivity contribution in [2.24, 2.45) is 0 Å². The number of aromatic hydroxyl groups is 1. The minimum Gasteiger partial charge on any atom is -0.508 e. The Bertz CT molecular complexity index is 515. The fraction of sp³-hybridized carbons (Fsp3) is 0. The zero-order chi connectivity index (χ0) is 10.8. The number of hydrogen-bond donors (Lipinski definition) is 2. The van der Waals surface area contributed by atoms with E-state index in [9.17, 15) is 13.4 Å². The number of halogens is 1. The predicted molar refractivity (Wildman–Crippen MR) is 64.6 cm³/mol. The van der Waals surface area contributed by atoms with Gasteiger partial charge in [0.05, 0.1) is 5.69 Å². The van der Waals surface area contributed by atoms with Crippen LogP contribution in [-0.2, 0) is 3.07 Å². The SMILES string of the molecule is O=IN(O)c1ccc2cc(O)ccc2c1. The highest BCUT2D eigenvalue weighted by Crippen LogP contribution is 2.26. The molecule has 2 rings (SSSR count). The largest absolute Gasteiger partial charge is 0.508 e. The average molecular weight is 317 g/mol. The summed E-state index contributed by atoms with van der Waals surface area (Å²) >= 11 is -1.61. The Morgan fingerprint density at radius 3 is 2.47 bits per heavy atom. The van der Waals surface area contributed by atoms with Gasteiger partial charge < -0.3 is 5.11 Å². The molecular formula is C10H8INO3. The Balaban J connectivity index is 2.56. The number of rotatable bonds is 2. The van der Waals surface area contributed by atoms with Crippen molar-refractivity contribution in [3.63, 3.8) is 0 Å².